The molecule has 6 nitrogen and oxygen atoms in total. The van der Waals surface area contributed by atoms with Gasteiger partial charge in [0.1, 0.15) is 5.00 Å². The predicted molar refractivity (Wildman–Crippen MR) is 88.5 cm³/mol. The Hall–Kier alpha value is -1.89. The number of carbonyl (C=O) groups excluding carboxylic acids is 3. The summed E-state index contributed by atoms with van der Waals surface area (Å²) in [7, 11) is 1.28. The van der Waals surface area contributed by atoms with Crippen LogP contribution in [0.4, 0.5) is 5.00 Å². The van der Waals surface area contributed by atoms with Crippen LogP contribution in [-0.2, 0) is 27.2 Å². The van der Waals surface area contributed by atoms with Crippen molar-refractivity contribution in [1.29, 1.82) is 0 Å². The van der Waals surface area contributed by atoms with Crippen LogP contribution in [0.3, 0.4) is 0 Å². The van der Waals surface area contributed by atoms with E-state index in [1.54, 1.807) is 0 Å². The van der Waals surface area contributed by atoms with Crippen LogP contribution in [0.5, 0.6) is 0 Å². The van der Waals surface area contributed by atoms with Crippen molar-refractivity contribution in [2.45, 2.75) is 45.4 Å². The van der Waals surface area contributed by atoms with Gasteiger partial charge >= 0.3 is 5.97 Å². The third-order valence-electron chi connectivity index (χ3n) is 4.23. The molecule has 0 radical (unpaired) electrons. The van der Waals surface area contributed by atoms with Crippen LogP contribution in [-0.4, -0.2) is 24.9 Å². The minimum Gasteiger partial charge on any atom is -0.469 e. The molecule has 7 heteroatoms. The van der Waals surface area contributed by atoms with Gasteiger partial charge in [-0.15, -0.1) is 11.3 Å². The van der Waals surface area contributed by atoms with Crippen LogP contribution in [0.1, 0.15) is 53.4 Å². The Balaban J connectivity index is 2.15. The lowest BCUT2D eigenvalue weighted by molar-refractivity contribution is -0.141. The Labute approximate surface area is 139 Å². The molecule has 0 bridgehead atoms. The van der Waals surface area contributed by atoms with Gasteiger partial charge in [-0.1, -0.05) is 13.3 Å². The van der Waals surface area contributed by atoms with Crippen molar-refractivity contribution in [2.75, 3.05) is 12.4 Å². The van der Waals surface area contributed by atoms with E-state index in [1.165, 1.54) is 18.4 Å². The maximum absolute atomic E-state index is 12.0. The molecule has 0 saturated heterocycles. The van der Waals surface area contributed by atoms with E-state index < -0.39 is 11.9 Å². The summed E-state index contributed by atoms with van der Waals surface area (Å²) in [6.07, 6.45) is 3.91. The van der Waals surface area contributed by atoms with Crippen molar-refractivity contribution in [2.24, 2.45) is 11.7 Å². The quantitative estimate of drug-likeness (QED) is 0.777. The Morgan fingerprint density at radius 1 is 1.35 bits per heavy atom. The fourth-order valence-corrected chi connectivity index (χ4v) is 4.24. The van der Waals surface area contributed by atoms with Gasteiger partial charge in [0.05, 0.1) is 19.1 Å². The van der Waals surface area contributed by atoms with Crippen molar-refractivity contribution >= 4 is 34.1 Å². The summed E-state index contributed by atoms with van der Waals surface area (Å²) in [5.74, 6) is -0.652. The summed E-state index contributed by atoms with van der Waals surface area (Å²) < 4.78 is 4.51. The number of carbonyl (C=O) groups is 3. The molecule has 0 saturated carbocycles. The van der Waals surface area contributed by atoms with Crippen LogP contribution in [0.15, 0.2) is 0 Å². The molecule has 1 aliphatic carbocycles. The Morgan fingerprint density at radius 3 is 2.70 bits per heavy atom. The molecule has 0 unspecified atom stereocenters. The second-order valence-electron chi connectivity index (χ2n) is 5.71. The predicted octanol–water partition coefficient (Wildman–Crippen LogP) is 2.25. The van der Waals surface area contributed by atoms with Gasteiger partial charge in [0.15, 0.2) is 0 Å². The van der Waals surface area contributed by atoms with Crippen molar-refractivity contribution in [1.82, 2.24) is 0 Å². The van der Waals surface area contributed by atoms with Crippen LogP contribution < -0.4 is 11.1 Å². The van der Waals surface area contributed by atoms with E-state index in [0.29, 0.717) is 16.5 Å². The van der Waals surface area contributed by atoms with E-state index in [9.17, 15) is 14.4 Å². The minimum absolute atomic E-state index is 0.0111. The zero-order valence-corrected chi connectivity index (χ0v) is 14.3. The molecule has 0 aliphatic heterocycles. The molecule has 126 valence electrons. The van der Waals surface area contributed by atoms with Gasteiger partial charge < -0.3 is 15.8 Å². The number of nitrogens with two attached hydrogens (primary N) is 1. The number of esters is 1. The number of hydrogen-bond acceptors (Lipinski definition) is 5. The fraction of sp³-hybridized carbons (Fsp3) is 0.562. The molecule has 0 fully saturated rings. The van der Waals surface area contributed by atoms with E-state index in [4.69, 9.17) is 5.73 Å². The van der Waals surface area contributed by atoms with E-state index in [2.05, 4.69) is 17.0 Å². The molecule has 1 heterocycles. The van der Waals surface area contributed by atoms with Crippen LogP contribution in [0.2, 0.25) is 0 Å². The molecule has 0 aromatic carbocycles. The van der Waals surface area contributed by atoms with E-state index in [1.807, 2.05) is 0 Å². The molecular weight excluding hydrogens is 316 g/mol. The molecule has 1 aliphatic rings. The Kier molecular flexibility index (Phi) is 5.76. The van der Waals surface area contributed by atoms with Gasteiger partial charge in [-0.3, -0.25) is 14.4 Å². The number of nitrogens with one attached hydrogen (secondary N) is 1. The third-order valence-corrected chi connectivity index (χ3v) is 5.40. The van der Waals surface area contributed by atoms with E-state index in [0.717, 1.165) is 36.1 Å². The molecule has 2 rings (SSSR count). The molecule has 2 amide bonds. The highest BCUT2D eigenvalue weighted by Crippen LogP contribution is 2.40. The Bertz CT molecular complexity index is 624. The number of anilines is 1. The normalized spacial score (nSPS) is 16.5. The summed E-state index contributed by atoms with van der Waals surface area (Å²) in [5.41, 5.74) is 6.93. The molecule has 0 spiro atoms. The summed E-state index contributed by atoms with van der Waals surface area (Å²) >= 11 is 1.43. The number of thiophene rings is 1. The number of ether oxygens (including phenoxy) is 1. The SMILES string of the molecule is CC[C@H]1CCc2c(sc(NC(=O)CCC(=O)OC)c2C(N)=O)C1. The lowest BCUT2D eigenvalue weighted by atomic mass is 9.85. The highest BCUT2D eigenvalue weighted by molar-refractivity contribution is 7.17. The number of hydrogen-bond donors (Lipinski definition) is 2. The van der Waals surface area contributed by atoms with Gasteiger partial charge in [0.25, 0.3) is 5.91 Å². The van der Waals surface area contributed by atoms with Crippen molar-refractivity contribution in [3.05, 3.63) is 16.0 Å². The van der Waals surface area contributed by atoms with Gasteiger partial charge in [-0.05, 0) is 30.7 Å². The van der Waals surface area contributed by atoms with E-state index >= 15 is 0 Å². The smallest absolute Gasteiger partial charge is 0.306 e. The first-order valence-corrected chi connectivity index (χ1v) is 8.58. The second-order valence-corrected chi connectivity index (χ2v) is 6.82. The standard InChI is InChI=1S/C16H22N2O4S/c1-3-9-4-5-10-11(8-9)23-16(14(10)15(17)21)18-12(19)6-7-13(20)22-2/h9H,3-8H2,1-2H3,(H2,17,21)(H,18,19)/t9-/m0/s1. The maximum atomic E-state index is 12.0. The topological polar surface area (TPSA) is 98.5 Å². The highest BCUT2D eigenvalue weighted by Gasteiger charge is 2.28. The van der Waals surface area contributed by atoms with Gasteiger partial charge in [0, 0.05) is 11.3 Å². The largest absolute Gasteiger partial charge is 0.469 e. The highest BCUT2D eigenvalue weighted by atomic mass is 32.1. The zero-order valence-electron chi connectivity index (χ0n) is 13.4. The maximum Gasteiger partial charge on any atom is 0.306 e. The number of amides is 2. The van der Waals surface area contributed by atoms with Gasteiger partial charge in [0.2, 0.25) is 5.91 Å². The van der Waals surface area contributed by atoms with Crippen molar-refractivity contribution < 1.29 is 19.1 Å². The van der Waals surface area contributed by atoms with Crippen molar-refractivity contribution in [3.8, 4) is 0 Å². The number of primary amides is 1. The lowest BCUT2D eigenvalue weighted by Crippen LogP contribution is -2.20. The van der Waals surface area contributed by atoms with E-state index in [-0.39, 0.29) is 18.7 Å². The molecule has 1 atom stereocenters. The number of fused-ring (bicyclic) bond motifs is 1. The monoisotopic (exact) mass is 338 g/mol. The number of rotatable bonds is 6. The van der Waals surface area contributed by atoms with Crippen LogP contribution in [0.25, 0.3) is 0 Å². The number of methoxy groups -OCH3 is 1. The molecular formula is C16H22N2O4S. The lowest BCUT2D eigenvalue weighted by Gasteiger charge is -2.20. The first kappa shape index (κ1) is 17.5. The summed E-state index contributed by atoms with van der Waals surface area (Å²) in [6.45, 7) is 2.16. The average molecular weight is 338 g/mol. The molecule has 3 N–H and O–H groups in total. The zero-order chi connectivity index (χ0) is 17.0. The minimum atomic E-state index is -0.513. The average Bonchev–Trinajstić information content (AvgIpc) is 2.89. The molecule has 1 aromatic rings. The summed E-state index contributed by atoms with van der Waals surface area (Å²) in [6, 6.07) is 0. The Morgan fingerprint density at radius 2 is 2.09 bits per heavy atom. The second kappa shape index (κ2) is 7.59. The van der Waals surface area contributed by atoms with Crippen LogP contribution in [0, 0.1) is 5.92 Å². The summed E-state index contributed by atoms with van der Waals surface area (Å²) in [4.78, 5) is 36.0. The molecule has 23 heavy (non-hydrogen) atoms. The summed E-state index contributed by atoms with van der Waals surface area (Å²) in [5, 5.41) is 3.24. The van der Waals surface area contributed by atoms with Crippen molar-refractivity contribution in [3.63, 3.8) is 0 Å². The first-order chi connectivity index (χ1) is 11.0. The first-order valence-electron chi connectivity index (χ1n) is 7.77. The fourth-order valence-electron chi connectivity index (χ4n) is 2.86. The van der Waals surface area contributed by atoms with Crippen LogP contribution >= 0.6 is 11.3 Å². The van der Waals surface area contributed by atoms with Gasteiger partial charge in [-0.25, -0.2) is 0 Å². The third kappa shape index (κ3) is 4.10. The van der Waals surface area contributed by atoms with Gasteiger partial charge in [-0.2, -0.15) is 0 Å². The molecule has 1 aromatic heterocycles.